The van der Waals surface area contributed by atoms with Crippen molar-refractivity contribution in [3.63, 3.8) is 0 Å². The number of halogens is 1. The van der Waals surface area contributed by atoms with Gasteiger partial charge in [-0.3, -0.25) is 0 Å². The second-order valence-electron chi connectivity index (χ2n) is 4.45. The smallest absolute Gasteiger partial charge is 0.211 e. The van der Waals surface area contributed by atoms with Gasteiger partial charge in [0.2, 0.25) is 10.0 Å². The second-order valence-corrected chi connectivity index (χ2v) is 7.10. The zero-order chi connectivity index (χ0) is 15.3. The van der Waals surface area contributed by atoms with Crippen LogP contribution in [0.3, 0.4) is 0 Å². The van der Waals surface area contributed by atoms with Crippen molar-refractivity contribution in [2.24, 2.45) is 0 Å². The SMILES string of the molecule is CSc1ccc(S(=O)(=O)NCCc2ccc(F)cc2)cc1. The minimum absolute atomic E-state index is 0.249. The van der Waals surface area contributed by atoms with E-state index in [9.17, 15) is 12.8 Å². The molecule has 0 atom stereocenters. The van der Waals surface area contributed by atoms with Crippen molar-refractivity contribution < 1.29 is 12.8 Å². The molecule has 112 valence electrons. The summed E-state index contributed by atoms with van der Waals surface area (Å²) in [6.07, 6.45) is 2.45. The average molecular weight is 325 g/mol. The van der Waals surface area contributed by atoms with Crippen molar-refractivity contribution in [2.45, 2.75) is 16.2 Å². The summed E-state index contributed by atoms with van der Waals surface area (Å²) in [5, 5.41) is 0. The van der Waals surface area contributed by atoms with Gasteiger partial charge in [0.15, 0.2) is 0 Å². The van der Waals surface area contributed by atoms with E-state index in [2.05, 4.69) is 4.72 Å². The molecule has 0 radical (unpaired) electrons. The van der Waals surface area contributed by atoms with Crippen LogP contribution in [0.4, 0.5) is 4.39 Å². The zero-order valence-electron chi connectivity index (χ0n) is 11.5. The van der Waals surface area contributed by atoms with Gasteiger partial charge in [0, 0.05) is 11.4 Å². The predicted octanol–water partition coefficient (Wildman–Crippen LogP) is 3.07. The highest BCUT2D eigenvalue weighted by Crippen LogP contribution is 2.17. The summed E-state index contributed by atoms with van der Waals surface area (Å²) in [5.41, 5.74) is 0.886. The normalized spacial score (nSPS) is 11.5. The Balaban J connectivity index is 1.95. The Morgan fingerprint density at radius 1 is 1.05 bits per heavy atom. The molecular weight excluding hydrogens is 309 g/mol. The van der Waals surface area contributed by atoms with E-state index in [1.807, 2.05) is 6.26 Å². The van der Waals surface area contributed by atoms with Crippen LogP contribution in [0.5, 0.6) is 0 Å². The van der Waals surface area contributed by atoms with Gasteiger partial charge >= 0.3 is 0 Å². The fourth-order valence-corrected chi connectivity index (χ4v) is 3.26. The van der Waals surface area contributed by atoms with Crippen LogP contribution >= 0.6 is 11.8 Å². The minimum atomic E-state index is -3.50. The topological polar surface area (TPSA) is 46.2 Å². The third kappa shape index (κ3) is 4.56. The summed E-state index contributed by atoms with van der Waals surface area (Å²) >= 11 is 1.56. The van der Waals surface area contributed by atoms with E-state index in [4.69, 9.17) is 0 Å². The third-order valence-corrected chi connectivity index (χ3v) is 5.21. The summed E-state index contributed by atoms with van der Waals surface area (Å²) in [5.74, 6) is -0.298. The van der Waals surface area contributed by atoms with Crippen molar-refractivity contribution >= 4 is 21.8 Å². The molecule has 0 fully saturated rings. The molecule has 0 amide bonds. The number of benzene rings is 2. The molecule has 0 bridgehead atoms. The molecule has 0 heterocycles. The van der Waals surface area contributed by atoms with E-state index in [1.165, 1.54) is 12.1 Å². The van der Waals surface area contributed by atoms with Crippen LogP contribution in [0.25, 0.3) is 0 Å². The second kappa shape index (κ2) is 7.06. The fraction of sp³-hybridized carbons (Fsp3) is 0.200. The Hall–Kier alpha value is -1.37. The summed E-state index contributed by atoms with van der Waals surface area (Å²) in [4.78, 5) is 1.26. The Morgan fingerprint density at radius 3 is 2.24 bits per heavy atom. The fourth-order valence-electron chi connectivity index (χ4n) is 1.82. The van der Waals surface area contributed by atoms with E-state index in [-0.39, 0.29) is 17.3 Å². The Kier molecular flexibility index (Phi) is 5.39. The van der Waals surface area contributed by atoms with E-state index in [0.717, 1.165) is 10.5 Å². The molecule has 0 unspecified atom stereocenters. The summed E-state index contributed by atoms with van der Waals surface area (Å²) in [6, 6.07) is 12.8. The van der Waals surface area contributed by atoms with Gasteiger partial charge in [0.25, 0.3) is 0 Å². The molecule has 0 aliphatic heterocycles. The molecule has 6 heteroatoms. The van der Waals surface area contributed by atoms with Crippen LogP contribution in [-0.4, -0.2) is 21.2 Å². The van der Waals surface area contributed by atoms with E-state index < -0.39 is 10.0 Å². The number of nitrogens with one attached hydrogen (secondary N) is 1. The Morgan fingerprint density at radius 2 is 1.67 bits per heavy atom. The highest BCUT2D eigenvalue weighted by molar-refractivity contribution is 7.98. The molecule has 0 aromatic heterocycles. The molecule has 2 rings (SSSR count). The van der Waals surface area contributed by atoms with Crippen molar-refractivity contribution in [3.05, 3.63) is 59.9 Å². The highest BCUT2D eigenvalue weighted by atomic mass is 32.2. The van der Waals surface area contributed by atoms with Crippen LogP contribution in [-0.2, 0) is 16.4 Å². The maximum absolute atomic E-state index is 12.8. The monoisotopic (exact) mass is 325 g/mol. The molecule has 1 N–H and O–H groups in total. The predicted molar refractivity (Wildman–Crippen MR) is 83.5 cm³/mol. The first kappa shape index (κ1) is 16.0. The molecule has 21 heavy (non-hydrogen) atoms. The van der Waals surface area contributed by atoms with Crippen molar-refractivity contribution in [1.82, 2.24) is 4.72 Å². The van der Waals surface area contributed by atoms with Crippen molar-refractivity contribution in [1.29, 1.82) is 0 Å². The molecule has 0 saturated carbocycles. The van der Waals surface area contributed by atoms with Crippen molar-refractivity contribution in [2.75, 3.05) is 12.8 Å². The minimum Gasteiger partial charge on any atom is -0.211 e. The van der Waals surface area contributed by atoms with E-state index >= 15 is 0 Å². The summed E-state index contributed by atoms with van der Waals surface area (Å²) in [7, 11) is -3.50. The van der Waals surface area contributed by atoms with E-state index in [1.54, 1.807) is 48.2 Å². The number of hydrogen-bond donors (Lipinski definition) is 1. The first-order chi connectivity index (χ1) is 10.0. The van der Waals surface area contributed by atoms with Gasteiger partial charge < -0.3 is 0 Å². The lowest BCUT2D eigenvalue weighted by Crippen LogP contribution is -2.25. The number of sulfonamides is 1. The van der Waals surface area contributed by atoms with Crippen LogP contribution in [0, 0.1) is 5.82 Å². The molecule has 3 nitrogen and oxygen atoms in total. The number of thioether (sulfide) groups is 1. The van der Waals surface area contributed by atoms with Gasteiger partial charge in [0.1, 0.15) is 5.82 Å². The van der Waals surface area contributed by atoms with Crippen LogP contribution in [0.2, 0.25) is 0 Å². The summed E-state index contributed by atoms with van der Waals surface area (Å²) in [6.45, 7) is 0.276. The van der Waals surface area contributed by atoms with Gasteiger partial charge in [-0.1, -0.05) is 12.1 Å². The molecule has 0 saturated heterocycles. The quantitative estimate of drug-likeness (QED) is 0.830. The molecule has 2 aromatic rings. The Bertz CT molecular complexity index is 683. The first-order valence-corrected chi connectivity index (χ1v) is 9.10. The zero-order valence-corrected chi connectivity index (χ0v) is 13.2. The molecule has 0 aliphatic rings. The van der Waals surface area contributed by atoms with Crippen LogP contribution < -0.4 is 4.72 Å². The lowest BCUT2D eigenvalue weighted by molar-refractivity contribution is 0.581. The number of hydrogen-bond acceptors (Lipinski definition) is 3. The standard InChI is InChI=1S/C15H16FNO2S2/c1-20-14-6-8-15(9-7-14)21(18,19)17-11-10-12-2-4-13(16)5-3-12/h2-9,17H,10-11H2,1H3. The first-order valence-electron chi connectivity index (χ1n) is 6.39. The van der Waals surface area contributed by atoms with Crippen LogP contribution in [0.1, 0.15) is 5.56 Å². The molecular formula is C15H16FNO2S2. The molecule has 2 aromatic carbocycles. The Labute approximate surface area is 128 Å². The average Bonchev–Trinajstić information content (AvgIpc) is 2.49. The van der Waals surface area contributed by atoms with Gasteiger partial charge in [-0.2, -0.15) is 0 Å². The van der Waals surface area contributed by atoms with Gasteiger partial charge in [-0.05, 0) is 54.6 Å². The third-order valence-electron chi connectivity index (χ3n) is 2.99. The van der Waals surface area contributed by atoms with Crippen molar-refractivity contribution in [3.8, 4) is 0 Å². The maximum atomic E-state index is 12.8. The van der Waals surface area contributed by atoms with Gasteiger partial charge in [-0.25, -0.2) is 17.5 Å². The lowest BCUT2D eigenvalue weighted by Gasteiger charge is -2.07. The van der Waals surface area contributed by atoms with Gasteiger partial charge in [-0.15, -0.1) is 11.8 Å². The largest absolute Gasteiger partial charge is 0.240 e. The number of rotatable bonds is 6. The van der Waals surface area contributed by atoms with E-state index in [0.29, 0.717) is 6.42 Å². The maximum Gasteiger partial charge on any atom is 0.240 e. The van der Waals surface area contributed by atoms with Crippen LogP contribution in [0.15, 0.2) is 58.3 Å². The van der Waals surface area contributed by atoms with Gasteiger partial charge in [0.05, 0.1) is 4.90 Å². The highest BCUT2D eigenvalue weighted by Gasteiger charge is 2.12. The lowest BCUT2D eigenvalue weighted by atomic mass is 10.1. The molecule has 0 spiro atoms. The summed E-state index contributed by atoms with van der Waals surface area (Å²) < 4.78 is 39.5. The molecule has 0 aliphatic carbocycles.